The Kier molecular flexibility index (Phi) is 6.50. The molecule has 0 saturated heterocycles. The molecule has 7 nitrogen and oxygen atoms in total. The van der Waals surface area contributed by atoms with Crippen molar-refractivity contribution >= 4 is 35.2 Å². The second kappa shape index (κ2) is 8.42. The van der Waals surface area contributed by atoms with Gasteiger partial charge in [0, 0.05) is 27.6 Å². The zero-order chi connectivity index (χ0) is 19.3. The maximum Gasteiger partial charge on any atom is 0.426 e. The molecular formula is C17H20Cl2N4O3. The average Bonchev–Trinajstić information content (AvgIpc) is 3.05. The molecule has 1 aromatic carbocycles. The Morgan fingerprint density at radius 2 is 1.92 bits per heavy atom. The van der Waals surface area contributed by atoms with Gasteiger partial charge >= 0.3 is 6.09 Å². The molecule has 2 aromatic rings. The molecule has 1 heterocycles. The summed E-state index contributed by atoms with van der Waals surface area (Å²) in [5, 5.41) is 7.76. The molecule has 0 unspecified atom stereocenters. The normalized spacial score (nSPS) is 11.1. The fourth-order valence-corrected chi connectivity index (χ4v) is 2.51. The van der Waals surface area contributed by atoms with E-state index in [1.165, 1.54) is 0 Å². The molecule has 0 spiro atoms. The van der Waals surface area contributed by atoms with Gasteiger partial charge in [0.1, 0.15) is 0 Å². The van der Waals surface area contributed by atoms with Crippen LogP contribution in [0.3, 0.4) is 0 Å². The van der Waals surface area contributed by atoms with Gasteiger partial charge in [0.2, 0.25) is 0 Å². The van der Waals surface area contributed by atoms with Crippen molar-refractivity contribution in [3.05, 3.63) is 51.3 Å². The van der Waals surface area contributed by atoms with E-state index in [1.807, 2.05) is 20.8 Å². The first-order valence-corrected chi connectivity index (χ1v) is 8.65. The van der Waals surface area contributed by atoms with Gasteiger partial charge in [-0.05, 0) is 23.8 Å². The Hall–Kier alpha value is -2.25. The third-order valence-corrected chi connectivity index (χ3v) is 4.10. The van der Waals surface area contributed by atoms with Crippen molar-refractivity contribution in [1.82, 2.24) is 21.0 Å². The minimum absolute atomic E-state index is 0.0969. The number of benzene rings is 1. The molecule has 0 aliphatic carbocycles. The molecule has 140 valence electrons. The van der Waals surface area contributed by atoms with E-state index in [2.05, 4.69) is 21.0 Å². The number of hydrogen-bond donors (Lipinski definition) is 3. The smallest absolute Gasteiger partial charge is 0.426 e. The Morgan fingerprint density at radius 3 is 2.54 bits per heavy atom. The van der Waals surface area contributed by atoms with Crippen LogP contribution in [0.4, 0.5) is 4.79 Å². The summed E-state index contributed by atoms with van der Waals surface area (Å²) < 4.78 is 4.99. The highest BCUT2D eigenvalue weighted by Gasteiger charge is 2.19. The molecule has 3 N–H and O–H groups in total. The van der Waals surface area contributed by atoms with Crippen LogP contribution in [-0.4, -0.2) is 28.8 Å². The minimum atomic E-state index is -0.782. The molecule has 0 saturated carbocycles. The van der Waals surface area contributed by atoms with Crippen molar-refractivity contribution in [2.75, 3.05) is 6.61 Å². The first-order valence-electron chi connectivity index (χ1n) is 7.90. The lowest BCUT2D eigenvalue weighted by molar-refractivity contribution is 0.0905. The molecule has 9 heteroatoms. The molecule has 0 radical (unpaired) electrons. The number of hydrogen-bond acceptors (Lipinski definition) is 4. The number of carbonyl (C=O) groups is 2. The predicted octanol–water partition coefficient (Wildman–Crippen LogP) is 3.63. The van der Waals surface area contributed by atoms with Crippen LogP contribution in [-0.2, 0) is 16.6 Å². The second-order valence-corrected chi connectivity index (χ2v) is 7.46. The van der Waals surface area contributed by atoms with Gasteiger partial charge in [0.15, 0.2) is 5.69 Å². The van der Waals surface area contributed by atoms with Crippen LogP contribution in [0.5, 0.6) is 0 Å². The number of nitrogens with one attached hydrogen (secondary N) is 3. The summed E-state index contributed by atoms with van der Waals surface area (Å²) >= 11 is 11.9. The number of halogens is 2. The van der Waals surface area contributed by atoms with Gasteiger partial charge < -0.3 is 4.74 Å². The van der Waals surface area contributed by atoms with Gasteiger partial charge in [0.05, 0.1) is 6.61 Å². The number of H-pyrrole nitrogens is 1. The zero-order valence-electron chi connectivity index (χ0n) is 14.7. The molecule has 0 bridgehead atoms. The van der Waals surface area contributed by atoms with E-state index in [-0.39, 0.29) is 17.7 Å². The molecule has 2 amide bonds. The van der Waals surface area contributed by atoms with Crippen LogP contribution in [0, 0.1) is 0 Å². The first kappa shape index (κ1) is 20.1. The van der Waals surface area contributed by atoms with E-state index in [0.29, 0.717) is 16.5 Å². The number of rotatable bonds is 4. The second-order valence-electron chi connectivity index (χ2n) is 6.62. The van der Waals surface area contributed by atoms with E-state index >= 15 is 0 Å². The predicted molar refractivity (Wildman–Crippen MR) is 99.4 cm³/mol. The highest BCUT2D eigenvalue weighted by Crippen LogP contribution is 2.21. The molecule has 0 aliphatic heterocycles. The summed E-state index contributed by atoms with van der Waals surface area (Å²) in [5.74, 6) is -0.547. The molecule has 0 atom stereocenters. The fourth-order valence-electron chi connectivity index (χ4n) is 2.01. The lowest BCUT2D eigenvalue weighted by Crippen LogP contribution is -2.42. The summed E-state index contributed by atoms with van der Waals surface area (Å²) in [7, 11) is 0. The van der Waals surface area contributed by atoms with Crippen LogP contribution in [0.15, 0.2) is 24.3 Å². The number of aromatic nitrogens is 2. The van der Waals surface area contributed by atoms with Gasteiger partial charge in [-0.2, -0.15) is 5.10 Å². The molecule has 26 heavy (non-hydrogen) atoms. The van der Waals surface area contributed by atoms with E-state index in [9.17, 15) is 9.59 Å². The van der Waals surface area contributed by atoms with Crippen LogP contribution in [0.25, 0.3) is 0 Å². The summed E-state index contributed by atoms with van der Waals surface area (Å²) in [6, 6.07) is 6.72. The van der Waals surface area contributed by atoms with Crippen LogP contribution < -0.4 is 10.9 Å². The first-order chi connectivity index (χ1) is 12.2. The van der Waals surface area contributed by atoms with Gasteiger partial charge in [-0.15, -0.1) is 0 Å². The maximum absolute atomic E-state index is 12.0. The van der Waals surface area contributed by atoms with Crippen molar-refractivity contribution in [2.45, 2.75) is 32.6 Å². The molecule has 0 aliphatic rings. The fraction of sp³-hybridized carbons (Fsp3) is 0.353. The largest absolute Gasteiger partial charge is 0.448 e. The molecule has 0 fully saturated rings. The zero-order valence-corrected chi connectivity index (χ0v) is 16.2. The summed E-state index contributed by atoms with van der Waals surface area (Å²) in [5.41, 5.74) is 6.03. The summed E-state index contributed by atoms with van der Waals surface area (Å²) in [6.45, 7) is 6.07. The monoisotopic (exact) mass is 398 g/mol. The summed E-state index contributed by atoms with van der Waals surface area (Å²) in [4.78, 5) is 23.6. The van der Waals surface area contributed by atoms with Crippen LogP contribution >= 0.6 is 23.2 Å². The van der Waals surface area contributed by atoms with E-state index in [1.54, 1.807) is 24.3 Å². The van der Waals surface area contributed by atoms with Crippen molar-refractivity contribution < 1.29 is 14.3 Å². The number of nitrogens with zero attached hydrogens (tertiary/aromatic N) is 1. The van der Waals surface area contributed by atoms with E-state index in [4.69, 9.17) is 27.9 Å². The van der Waals surface area contributed by atoms with Crippen molar-refractivity contribution in [3.8, 4) is 0 Å². The highest BCUT2D eigenvalue weighted by molar-refractivity contribution is 6.35. The third-order valence-electron chi connectivity index (χ3n) is 3.52. The summed E-state index contributed by atoms with van der Waals surface area (Å²) in [6.07, 6.45) is -0.360. The average molecular weight is 399 g/mol. The van der Waals surface area contributed by atoms with Crippen LogP contribution in [0.1, 0.15) is 42.5 Å². The standard InChI is InChI=1S/C17H20Cl2N4O3/c1-17(2,3)14-9-13(20-21-14)15(24)22-23-16(25)26-7-6-10-4-5-11(18)8-12(10)19/h4-5,8-9H,6-7H2,1-3H3,(H,20,21)(H,22,24)(H,23,25). The Bertz CT molecular complexity index is 800. The minimum Gasteiger partial charge on any atom is -0.448 e. The number of hydrazine groups is 1. The molecule has 1 aromatic heterocycles. The Balaban J connectivity index is 1.76. The number of ether oxygens (including phenoxy) is 1. The Labute approximate surface area is 161 Å². The number of amides is 2. The third kappa shape index (κ3) is 5.64. The van der Waals surface area contributed by atoms with Crippen molar-refractivity contribution in [3.63, 3.8) is 0 Å². The lowest BCUT2D eigenvalue weighted by atomic mass is 9.92. The van der Waals surface area contributed by atoms with Gasteiger partial charge in [0.25, 0.3) is 5.91 Å². The van der Waals surface area contributed by atoms with Gasteiger partial charge in [-0.1, -0.05) is 50.0 Å². The number of aromatic amines is 1. The van der Waals surface area contributed by atoms with E-state index in [0.717, 1.165) is 11.3 Å². The molecule has 2 rings (SSSR count). The van der Waals surface area contributed by atoms with E-state index < -0.39 is 12.0 Å². The maximum atomic E-state index is 12.0. The van der Waals surface area contributed by atoms with Gasteiger partial charge in [-0.25, -0.2) is 10.2 Å². The van der Waals surface area contributed by atoms with Crippen LogP contribution in [0.2, 0.25) is 10.0 Å². The SMILES string of the molecule is CC(C)(C)c1cc(C(=O)NNC(=O)OCCc2ccc(Cl)cc2Cl)n[nH]1. The van der Waals surface area contributed by atoms with Crippen molar-refractivity contribution in [2.24, 2.45) is 0 Å². The Morgan fingerprint density at radius 1 is 1.19 bits per heavy atom. The lowest BCUT2D eigenvalue weighted by Gasteiger charge is -2.14. The number of carbonyl (C=O) groups excluding carboxylic acids is 2. The topological polar surface area (TPSA) is 96.1 Å². The van der Waals surface area contributed by atoms with Gasteiger partial charge in [-0.3, -0.25) is 15.3 Å². The molecular weight excluding hydrogens is 379 g/mol. The highest BCUT2D eigenvalue weighted by atomic mass is 35.5. The van der Waals surface area contributed by atoms with Crippen molar-refractivity contribution in [1.29, 1.82) is 0 Å². The quantitative estimate of drug-likeness (QED) is 0.685.